The standard InChI is InChI=1S/C29H29N7O/c1-30-29-22(16-31-36(29)21-7-8-23-25(15-21)34-28(33-23)18-3-4-18)27(37)26-14-20-6-5-19(13-24(20)32-26)17-9-11-35(2)12-10-17/h5-9,13-16,18,30,32H,3-4,10-12H2,1-2H3,(H,33,34). The number of benzene rings is 2. The smallest absolute Gasteiger partial charge is 0.214 e. The number of hydrogen-bond acceptors (Lipinski definition) is 5. The molecule has 0 spiro atoms. The number of ketones is 1. The zero-order valence-corrected chi connectivity index (χ0v) is 21.0. The van der Waals surface area contributed by atoms with Gasteiger partial charge in [-0.2, -0.15) is 5.10 Å². The Morgan fingerprint density at radius 3 is 2.76 bits per heavy atom. The van der Waals surface area contributed by atoms with E-state index in [2.05, 4.69) is 56.6 Å². The molecule has 4 heterocycles. The Balaban J connectivity index is 1.21. The van der Waals surface area contributed by atoms with Crippen LogP contribution in [0.25, 0.3) is 33.2 Å². The number of aromatic amines is 2. The van der Waals surface area contributed by atoms with Crippen LogP contribution >= 0.6 is 0 Å². The van der Waals surface area contributed by atoms with Crippen LogP contribution in [0.3, 0.4) is 0 Å². The van der Waals surface area contributed by atoms with Gasteiger partial charge < -0.3 is 20.2 Å². The number of imidazole rings is 1. The van der Waals surface area contributed by atoms with Crippen LogP contribution in [0.4, 0.5) is 5.82 Å². The number of aromatic nitrogens is 5. The third-order valence-electron chi connectivity index (χ3n) is 7.59. The Kier molecular flexibility index (Phi) is 5.04. The van der Waals surface area contributed by atoms with Gasteiger partial charge in [0.25, 0.3) is 0 Å². The molecule has 1 aliphatic carbocycles. The van der Waals surface area contributed by atoms with Crippen LogP contribution < -0.4 is 5.32 Å². The van der Waals surface area contributed by atoms with Crippen molar-refractivity contribution in [1.29, 1.82) is 0 Å². The molecule has 7 rings (SSSR count). The summed E-state index contributed by atoms with van der Waals surface area (Å²) in [6.07, 6.45) is 7.37. The van der Waals surface area contributed by atoms with E-state index in [1.165, 1.54) is 24.0 Å². The minimum Gasteiger partial charge on any atom is -0.372 e. The van der Waals surface area contributed by atoms with Crippen LogP contribution in [0.2, 0.25) is 0 Å². The highest BCUT2D eigenvalue weighted by molar-refractivity contribution is 6.13. The van der Waals surface area contributed by atoms with Gasteiger partial charge >= 0.3 is 0 Å². The molecule has 1 fully saturated rings. The highest BCUT2D eigenvalue weighted by Crippen LogP contribution is 2.39. The molecule has 5 aromatic rings. The van der Waals surface area contributed by atoms with Gasteiger partial charge in [0.15, 0.2) is 0 Å². The fourth-order valence-electron chi connectivity index (χ4n) is 5.28. The van der Waals surface area contributed by atoms with E-state index in [4.69, 9.17) is 4.98 Å². The molecule has 0 unspecified atom stereocenters. The van der Waals surface area contributed by atoms with Gasteiger partial charge in [0.05, 0.1) is 34.2 Å². The van der Waals surface area contributed by atoms with E-state index in [1.54, 1.807) is 10.9 Å². The Bertz CT molecular complexity index is 1700. The van der Waals surface area contributed by atoms with Crippen molar-refractivity contribution in [2.75, 3.05) is 32.5 Å². The van der Waals surface area contributed by atoms with Crippen molar-refractivity contribution in [3.63, 3.8) is 0 Å². The molecular formula is C29H29N7O. The van der Waals surface area contributed by atoms with Gasteiger partial charge in [-0.05, 0) is 67.8 Å². The molecule has 8 heteroatoms. The molecule has 0 atom stereocenters. The average Bonchev–Trinajstić information content (AvgIpc) is 3.34. The molecule has 0 saturated heterocycles. The topological polar surface area (TPSA) is 94.6 Å². The molecule has 1 saturated carbocycles. The second-order valence-electron chi connectivity index (χ2n) is 10.2. The van der Waals surface area contributed by atoms with Crippen LogP contribution in [-0.2, 0) is 0 Å². The first-order valence-electron chi connectivity index (χ1n) is 12.9. The van der Waals surface area contributed by atoms with E-state index in [1.807, 2.05) is 31.3 Å². The summed E-state index contributed by atoms with van der Waals surface area (Å²) in [5.41, 5.74) is 7.42. The van der Waals surface area contributed by atoms with E-state index in [0.29, 0.717) is 23.0 Å². The number of rotatable bonds is 6. The molecule has 0 bridgehead atoms. The van der Waals surface area contributed by atoms with E-state index in [-0.39, 0.29) is 5.78 Å². The summed E-state index contributed by atoms with van der Waals surface area (Å²) >= 11 is 0. The predicted molar refractivity (Wildman–Crippen MR) is 147 cm³/mol. The predicted octanol–water partition coefficient (Wildman–Crippen LogP) is 5.10. The Labute approximate surface area is 214 Å². The summed E-state index contributed by atoms with van der Waals surface area (Å²) in [6.45, 7) is 2.03. The number of hydrogen-bond donors (Lipinski definition) is 3. The number of carbonyl (C=O) groups excluding carboxylic acids is 1. The van der Waals surface area contributed by atoms with Gasteiger partial charge in [0.1, 0.15) is 11.6 Å². The molecular weight excluding hydrogens is 462 g/mol. The summed E-state index contributed by atoms with van der Waals surface area (Å²) in [5.74, 6) is 2.19. The molecule has 0 amide bonds. The zero-order chi connectivity index (χ0) is 25.1. The van der Waals surface area contributed by atoms with Crippen LogP contribution in [-0.4, -0.2) is 62.6 Å². The third kappa shape index (κ3) is 3.84. The number of nitrogens with one attached hydrogen (secondary N) is 3. The van der Waals surface area contributed by atoms with E-state index >= 15 is 0 Å². The lowest BCUT2D eigenvalue weighted by Crippen LogP contribution is -2.23. The molecule has 1 aliphatic heterocycles. The maximum atomic E-state index is 13.6. The van der Waals surface area contributed by atoms with Crippen molar-refractivity contribution in [3.8, 4) is 5.69 Å². The fourth-order valence-corrected chi connectivity index (χ4v) is 5.28. The van der Waals surface area contributed by atoms with Crippen LogP contribution in [0.15, 0.2) is 54.7 Å². The van der Waals surface area contributed by atoms with Gasteiger partial charge in [-0.1, -0.05) is 18.2 Å². The number of likely N-dealkylation sites (N-methyl/N-ethyl adjacent to an activating group) is 1. The maximum absolute atomic E-state index is 13.6. The molecule has 0 radical (unpaired) electrons. The second-order valence-corrected chi connectivity index (χ2v) is 10.2. The normalized spacial score (nSPS) is 16.4. The molecule has 3 N–H and O–H groups in total. The molecule has 37 heavy (non-hydrogen) atoms. The van der Waals surface area contributed by atoms with Crippen molar-refractivity contribution in [2.45, 2.75) is 25.2 Å². The first-order chi connectivity index (χ1) is 18.1. The average molecular weight is 492 g/mol. The SMILES string of the molecule is CNc1c(C(=O)c2cc3ccc(C4=CCN(C)CC4)cc3[nH]2)cnn1-c1ccc2nc(C3CC3)[nH]c2c1. The molecule has 2 aliphatic rings. The summed E-state index contributed by atoms with van der Waals surface area (Å²) < 4.78 is 1.78. The van der Waals surface area contributed by atoms with Gasteiger partial charge in [-0.3, -0.25) is 4.79 Å². The van der Waals surface area contributed by atoms with Crippen molar-refractivity contribution in [2.24, 2.45) is 0 Å². The lowest BCUT2D eigenvalue weighted by molar-refractivity contribution is 0.103. The lowest BCUT2D eigenvalue weighted by Gasteiger charge is -2.22. The van der Waals surface area contributed by atoms with Crippen molar-refractivity contribution < 1.29 is 4.79 Å². The maximum Gasteiger partial charge on any atom is 0.214 e. The number of carbonyl (C=O) groups is 1. The van der Waals surface area contributed by atoms with Crippen molar-refractivity contribution in [1.82, 2.24) is 29.6 Å². The fraction of sp³-hybridized carbons (Fsp3) is 0.276. The highest BCUT2D eigenvalue weighted by Gasteiger charge is 2.27. The van der Waals surface area contributed by atoms with Crippen LogP contribution in [0, 0.1) is 0 Å². The van der Waals surface area contributed by atoms with E-state index < -0.39 is 0 Å². The number of anilines is 1. The largest absolute Gasteiger partial charge is 0.372 e. The quantitative estimate of drug-likeness (QED) is 0.287. The van der Waals surface area contributed by atoms with Gasteiger partial charge in [0, 0.05) is 37.0 Å². The monoisotopic (exact) mass is 491 g/mol. The Hall–Kier alpha value is -4.17. The minimum atomic E-state index is -0.0921. The number of nitrogens with zero attached hydrogens (tertiary/aromatic N) is 4. The summed E-state index contributed by atoms with van der Waals surface area (Å²) in [4.78, 5) is 27.4. The lowest BCUT2D eigenvalue weighted by atomic mass is 9.99. The van der Waals surface area contributed by atoms with Gasteiger partial charge in [0.2, 0.25) is 5.78 Å². The van der Waals surface area contributed by atoms with Crippen LogP contribution in [0.5, 0.6) is 0 Å². The summed E-state index contributed by atoms with van der Waals surface area (Å²) in [6, 6.07) is 14.4. The van der Waals surface area contributed by atoms with E-state index in [9.17, 15) is 4.79 Å². The third-order valence-corrected chi connectivity index (χ3v) is 7.59. The first-order valence-corrected chi connectivity index (χ1v) is 12.9. The van der Waals surface area contributed by atoms with Crippen molar-refractivity contribution in [3.05, 3.63) is 77.4 Å². The summed E-state index contributed by atoms with van der Waals surface area (Å²) in [5, 5.41) is 8.79. The number of H-pyrrole nitrogens is 2. The van der Waals surface area contributed by atoms with Gasteiger partial charge in [-0.15, -0.1) is 0 Å². The minimum absolute atomic E-state index is 0.0921. The Morgan fingerprint density at radius 2 is 1.97 bits per heavy atom. The second kappa shape index (κ2) is 8.45. The van der Waals surface area contributed by atoms with Crippen molar-refractivity contribution >= 4 is 39.1 Å². The molecule has 8 nitrogen and oxygen atoms in total. The van der Waals surface area contributed by atoms with Gasteiger partial charge in [-0.25, -0.2) is 9.67 Å². The molecule has 2 aromatic carbocycles. The Morgan fingerprint density at radius 1 is 1.08 bits per heavy atom. The first kappa shape index (κ1) is 22.1. The summed E-state index contributed by atoms with van der Waals surface area (Å²) in [7, 11) is 3.96. The number of fused-ring (bicyclic) bond motifs is 2. The van der Waals surface area contributed by atoms with Crippen LogP contribution in [0.1, 0.15) is 52.6 Å². The highest BCUT2D eigenvalue weighted by atomic mass is 16.1. The molecule has 186 valence electrons. The van der Waals surface area contributed by atoms with E-state index in [0.717, 1.165) is 53.0 Å². The zero-order valence-electron chi connectivity index (χ0n) is 21.0. The molecule has 3 aromatic heterocycles.